The van der Waals surface area contributed by atoms with Gasteiger partial charge in [-0.3, -0.25) is 4.90 Å². The highest BCUT2D eigenvalue weighted by Gasteiger charge is 2.37. The van der Waals surface area contributed by atoms with Crippen molar-refractivity contribution in [2.75, 3.05) is 26.9 Å². The Labute approximate surface area is 137 Å². The summed E-state index contributed by atoms with van der Waals surface area (Å²) in [6.45, 7) is 3.17. The monoisotopic (exact) mass is 325 g/mol. The summed E-state index contributed by atoms with van der Waals surface area (Å²) in [5.74, 6) is 1.04. The molecule has 2 aliphatic rings. The van der Waals surface area contributed by atoms with Crippen LogP contribution in [-0.4, -0.2) is 49.0 Å². The fourth-order valence-corrected chi connectivity index (χ4v) is 3.84. The van der Waals surface area contributed by atoms with Gasteiger partial charge in [-0.15, -0.1) is 0 Å². The average Bonchev–Trinajstić information content (AvgIpc) is 2.98. The zero-order valence-corrected chi connectivity index (χ0v) is 13.8. The molecule has 1 aromatic carbocycles. The molecule has 0 amide bonds. The Hall–Kier alpha value is -0.810. The molecule has 3 atom stereocenters. The Morgan fingerprint density at radius 2 is 2.27 bits per heavy atom. The molecule has 2 fully saturated rings. The third-order valence-electron chi connectivity index (χ3n) is 4.90. The summed E-state index contributed by atoms with van der Waals surface area (Å²) < 4.78 is 10.9. The lowest BCUT2D eigenvalue weighted by Crippen LogP contribution is -2.45. The fourth-order valence-electron chi connectivity index (χ4n) is 3.67. The number of aliphatic hydroxyl groups excluding tert-OH is 1. The molecule has 3 rings (SSSR count). The number of benzene rings is 1. The van der Waals surface area contributed by atoms with E-state index in [2.05, 4.69) is 4.90 Å². The summed E-state index contributed by atoms with van der Waals surface area (Å²) >= 11 is 6.34. The third-order valence-corrected chi connectivity index (χ3v) is 5.27. The molecule has 122 valence electrons. The number of nitrogens with zero attached hydrogens (tertiary/aromatic N) is 1. The molecule has 1 aromatic rings. The summed E-state index contributed by atoms with van der Waals surface area (Å²) in [5.41, 5.74) is 1.08. The molecule has 0 aliphatic carbocycles. The first-order chi connectivity index (χ1) is 10.7. The molecule has 0 bridgehead atoms. The van der Waals surface area contributed by atoms with Crippen molar-refractivity contribution in [2.24, 2.45) is 5.92 Å². The molecule has 1 N–H and O–H groups in total. The van der Waals surface area contributed by atoms with Crippen LogP contribution in [0.1, 0.15) is 24.8 Å². The number of halogens is 1. The minimum Gasteiger partial charge on any atom is -0.497 e. The van der Waals surface area contributed by atoms with Crippen LogP contribution in [0, 0.1) is 5.92 Å². The van der Waals surface area contributed by atoms with Gasteiger partial charge < -0.3 is 14.6 Å². The van der Waals surface area contributed by atoms with Gasteiger partial charge in [0, 0.05) is 30.1 Å². The molecule has 2 aliphatic heterocycles. The number of rotatable bonds is 4. The van der Waals surface area contributed by atoms with Crippen LogP contribution >= 0.6 is 11.6 Å². The molecule has 4 nitrogen and oxygen atoms in total. The molecule has 0 radical (unpaired) electrons. The second-order valence-electron chi connectivity index (χ2n) is 6.23. The predicted octanol–water partition coefficient (Wildman–Crippen LogP) is 2.71. The van der Waals surface area contributed by atoms with E-state index in [-0.39, 0.29) is 12.0 Å². The largest absolute Gasteiger partial charge is 0.497 e. The van der Waals surface area contributed by atoms with Crippen molar-refractivity contribution >= 4 is 11.6 Å². The Bertz CT molecular complexity index is 511. The normalized spacial score (nSPS) is 29.7. The van der Waals surface area contributed by atoms with Gasteiger partial charge in [0.25, 0.3) is 0 Å². The maximum atomic E-state index is 10.3. The molecule has 0 saturated carbocycles. The molecular weight excluding hydrogens is 302 g/mol. The van der Waals surface area contributed by atoms with Crippen LogP contribution < -0.4 is 4.74 Å². The topological polar surface area (TPSA) is 41.9 Å². The van der Waals surface area contributed by atoms with Crippen LogP contribution in [0.15, 0.2) is 18.2 Å². The Morgan fingerprint density at radius 1 is 1.41 bits per heavy atom. The molecule has 0 unspecified atom stereocenters. The van der Waals surface area contributed by atoms with E-state index < -0.39 is 0 Å². The second kappa shape index (κ2) is 7.18. The van der Waals surface area contributed by atoms with Crippen molar-refractivity contribution in [3.8, 4) is 5.75 Å². The van der Waals surface area contributed by atoms with Gasteiger partial charge in [0.05, 0.1) is 19.8 Å². The molecule has 5 heteroatoms. The van der Waals surface area contributed by atoms with Gasteiger partial charge in [0.15, 0.2) is 0 Å². The SMILES string of the molecule is COc1ccc(Cl)c(CN2CCC[C@@H]2[C@H]2COCC[C@@H]2O)c1. The Morgan fingerprint density at radius 3 is 3.05 bits per heavy atom. The number of methoxy groups -OCH3 is 1. The smallest absolute Gasteiger partial charge is 0.119 e. The van der Waals surface area contributed by atoms with E-state index in [0.29, 0.717) is 19.3 Å². The third kappa shape index (κ3) is 3.40. The van der Waals surface area contributed by atoms with E-state index in [1.54, 1.807) is 7.11 Å². The number of hydrogen-bond donors (Lipinski definition) is 1. The Kier molecular flexibility index (Phi) is 5.24. The van der Waals surface area contributed by atoms with Crippen LogP contribution in [0.3, 0.4) is 0 Å². The highest BCUT2D eigenvalue weighted by molar-refractivity contribution is 6.31. The first-order valence-corrected chi connectivity index (χ1v) is 8.39. The van der Waals surface area contributed by atoms with Crippen LogP contribution in [0.2, 0.25) is 5.02 Å². The van der Waals surface area contributed by atoms with Gasteiger partial charge in [-0.25, -0.2) is 0 Å². The number of hydrogen-bond acceptors (Lipinski definition) is 4. The Balaban J connectivity index is 1.73. The summed E-state index contributed by atoms with van der Waals surface area (Å²) in [6.07, 6.45) is 2.77. The first kappa shape index (κ1) is 16.1. The van der Waals surface area contributed by atoms with Gasteiger partial charge in [0.1, 0.15) is 5.75 Å². The van der Waals surface area contributed by atoms with Crippen molar-refractivity contribution in [1.29, 1.82) is 0 Å². The number of ether oxygens (including phenoxy) is 2. The summed E-state index contributed by atoms with van der Waals surface area (Å²) in [6, 6.07) is 6.15. The molecule has 0 aromatic heterocycles. The fraction of sp³-hybridized carbons (Fsp3) is 0.647. The maximum Gasteiger partial charge on any atom is 0.119 e. The van der Waals surface area contributed by atoms with Crippen LogP contribution in [0.25, 0.3) is 0 Å². The van der Waals surface area contributed by atoms with Crippen molar-refractivity contribution in [3.63, 3.8) is 0 Å². The zero-order valence-electron chi connectivity index (χ0n) is 13.0. The van der Waals surface area contributed by atoms with Crippen molar-refractivity contribution in [3.05, 3.63) is 28.8 Å². The highest BCUT2D eigenvalue weighted by atomic mass is 35.5. The molecular formula is C17H24ClNO3. The number of likely N-dealkylation sites (tertiary alicyclic amines) is 1. The zero-order chi connectivity index (χ0) is 15.5. The van der Waals surface area contributed by atoms with Gasteiger partial charge >= 0.3 is 0 Å². The summed E-state index contributed by atoms with van der Waals surface area (Å²) in [5, 5.41) is 11.1. The van der Waals surface area contributed by atoms with E-state index in [0.717, 1.165) is 48.7 Å². The van der Waals surface area contributed by atoms with Crippen molar-refractivity contribution in [2.45, 2.75) is 38.0 Å². The minimum atomic E-state index is -0.250. The average molecular weight is 326 g/mol. The van der Waals surface area contributed by atoms with Gasteiger partial charge in [0.2, 0.25) is 0 Å². The molecule has 2 saturated heterocycles. The van der Waals surface area contributed by atoms with E-state index >= 15 is 0 Å². The lowest BCUT2D eigenvalue weighted by molar-refractivity contribution is -0.0636. The second-order valence-corrected chi connectivity index (χ2v) is 6.64. The van der Waals surface area contributed by atoms with Crippen LogP contribution in [-0.2, 0) is 11.3 Å². The van der Waals surface area contributed by atoms with Crippen LogP contribution in [0.4, 0.5) is 0 Å². The first-order valence-electron chi connectivity index (χ1n) is 8.01. The summed E-state index contributed by atoms with van der Waals surface area (Å²) in [7, 11) is 1.67. The van der Waals surface area contributed by atoms with Gasteiger partial charge in [-0.1, -0.05) is 11.6 Å². The minimum absolute atomic E-state index is 0.209. The van der Waals surface area contributed by atoms with E-state index in [9.17, 15) is 5.11 Å². The van der Waals surface area contributed by atoms with Gasteiger partial charge in [-0.05, 0) is 49.6 Å². The standard InChI is InChI=1S/C17H24ClNO3/c1-21-13-4-5-15(18)12(9-13)10-19-7-2-3-16(19)14-11-22-8-6-17(14)20/h4-5,9,14,16-17,20H,2-3,6-8,10-11H2,1H3/t14-,16-,17+/m1/s1. The lowest BCUT2D eigenvalue weighted by atomic mass is 9.89. The maximum absolute atomic E-state index is 10.3. The van der Waals surface area contributed by atoms with E-state index in [4.69, 9.17) is 21.1 Å². The molecule has 2 heterocycles. The summed E-state index contributed by atoms with van der Waals surface area (Å²) in [4.78, 5) is 2.43. The van der Waals surface area contributed by atoms with E-state index in [1.165, 1.54) is 0 Å². The lowest BCUT2D eigenvalue weighted by Gasteiger charge is -2.37. The predicted molar refractivity (Wildman–Crippen MR) is 86.4 cm³/mol. The van der Waals surface area contributed by atoms with E-state index in [1.807, 2.05) is 18.2 Å². The molecule has 22 heavy (non-hydrogen) atoms. The molecule has 0 spiro atoms. The number of aliphatic hydroxyl groups is 1. The highest BCUT2D eigenvalue weighted by Crippen LogP contribution is 2.32. The van der Waals surface area contributed by atoms with Gasteiger partial charge in [-0.2, -0.15) is 0 Å². The quantitative estimate of drug-likeness (QED) is 0.924. The van der Waals surface area contributed by atoms with Crippen molar-refractivity contribution in [1.82, 2.24) is 4.90 Å². The van der Waals surface area contributed by atoms with Crippen molar-refractivity contribution < 1.29 is 14.6 Å². The van der Waals surface area contributed by atoms with Crippen LogP contribution in [0.5, 0.6) is 5.75 Å².